The van der Waals surface area contributed by atoms with Crippen LogP contribution >= 0.6 is 0 Å². The van der Waals surface area contributed by atoms with Crippen molar-refractivity contribution >= 4 is 11.9 Å². The van der Waals surface area contributed by atoms with E-state index in [4.69, 9.17) is 0 Å². The molecule has 6 heteroatoms. The van der Waals surface area contributed by atoms with Crippen molar-refractivity contribution < 1.29 is 9.18 Å². The molecule has 0 fully saturated rings. The van der Waals surface area contributed by atoms with Gasteiger partial charge >= 0.3 is 0 Å². The molecule has 0 atom stereocenters. The number of nitrogens with one attached hydrogen (secondary N) is 2. The van der Waals surface area contributed by atoms with Crippen molar-refractivity contribution in [3.8, 4) is 0 Å². The second-order valence-corrected chi connectivity index (χ2v) is 2.80. The smallest absolute Gasteiger partial charge is 0.258 e. The molecule has 0 radical (unpaired) electrons. The van der Waals surface area contributed by atoms with Gasteiger partial charge in [0.25, 0.3) is 5.91 Å². The van der Waals surface area contributed by atoms with Gasteiger partial charge in [0.1, 0.15) is 12.1 Å². The number of H-pyrrole nitrogens is 1. The summed E-state index contributed by atoms with van der Waals surface area (Å²) in [6.45, 7) is 0. The average Bonchev–Trinajstić information content (AvgIpc) is 2.71. The summed E-state index contributed by atoms with van der Waals surface area (Å²) in [7, 11) is 0. The molecule has 0 aliphatic heterocycles. The summed E-state index contributed by atoms with van der Waals surface area (Å²) in [5.41, 5.74) is 0.354. The van der Waals surface area contributed by atoms with Gasteiger partial charge in [0.05, 0.1) is 0 Å². The molecule has 0 saturated heterocycles. The predicted octanol–water partition coefficient (Wildman–Crippen LogP) is 1.20. The van der Waals surface area contributed by atoms with Crippen molar-refractivity contribution in [3.63, 3.8) is 0 Å². The van der Waals surface area contributed by atoms with Gasteiger partial charge in [-0.2, -0.15) is 10.1 Å². The third-order valence-electron chi connectivity index (χ3n) is 1.75. The van der Waals surface area contributed by atoms with Crippen LogP contribution in [-0.2, 0) is 0 Å². The molecule has 1 amide bonds. The maximum Gasteiger partial charge on any atom is 0.258 e. The van der Waals surface area contributed by atoms with Gasteiger partial charge in [-0.15, -0.1) is 0 Å². The summed E-state index contributed by atoms with van der Waals surface area (Å²) in [6.07, 6.45) is 1.28. The molecule has 2 N–H and O–H groups in total. The van der Waals surface area contributed by atoms with Gasteiger partial charge in [-0.25, -0.2) is 9.49 Å². The van der Waals surface area contributed by atoms with Crippen molar-refractivity contribution in [1.29, 1.82) is 0 Å². The van der Waals surface area contributed by atoms with Crippen molar-refractivity contribution in [2.24, 2.45) is 0 Å². The quantitative estimate of drug-likeness (QED) is 0.775. The highest BCUT2D eigenvalue weighted by Crippen LogP contribution is 2.04. The minimum atomic E-state index is -0.383. The molecule has 5 nitrogen and oxygen atoms in total. The highest BCUT2D eigenvalue weighted by molar-refractivity contribution is 6.03. The average molecular weight is 206 g/mol. The zero-order chi connectivity index (χ0) is 10.7. The monoisotopic (exact) mass is 206 g/mol. The Morgan fingerprint density at radius 1 is 1.33 bits per heavy atom. The number of aromatic nitrogens is 3. The van der Waals surface area contributed by atoms with Gasteiger partial charge < -0.3 is 0 Å². The number of anilines is 1. The summed E-state index contributed by atoms with van der Waals surface area (Å²) in [5, 5.41) is 8.52. The number of nitrogens with zero attached hydrogens (tertiary/aromatic N) is 2. The van der Waals surface area contributed by atoms with Crippen molar-refractivity contribution in [1.82, 2.24) is 15.2 Å². The molecule has 0 aliphatic rings. The number of rotatable bonds is 2. The molecule has 0 aliphatic carbocycles. The molecule has 1 aromatic heterocycles. The number of aromatic amines is 1. The number of carbonyl (C=O) groups excluding carboxylic acids is 1. The fourth-order valence-electron chi connectivity index (χ4n) is 1.05. The summed E-state index contributed by atoms with van der Waals surface area (Å²) in [5.74, 6) is -0.498. The van der Waals surface area contributed by atoms with Gasteiger partial charge in [0.15, 0.2) is 0 Å². The Kier molecular flexibility index (Phi) is 2.40. The topological polar surface area (TPSA) is 70.7 Å². The first kappa shape index (κ1) is 9.32. The molecule has 0 spiro atoms. The number of carbonyl (C=O) groups is 1. The molecule has 0 saturated carbocycles. The first-order valence-electron chi connectivity index (χ1n) is 4.18. The first-order valence-corrected chi connectivity index (χ1v) is 4.18. The number of hydrogen-bond acceptors (Lipinski definition) is 3. The molecule has 15 heavy (non-hydrogen) atoms. The normalized spacial score (nSPS) is 9.93. The zero-order valence-corrected chi connectivity index (χ0v) is 7.57. The Morgan fingerprint density at radius 2 is 2.07 bits per heavy atom. The molecule has 0 unspecified atom stereocenters. The van der Waals surface area contributed by atoms with Gasteiger partial charge in [-0.3, -0.25) is 10.1 Å². The molecule has 2 rings (SSSR count). The second-order valence-electron chi connectivity index (χ2n) is 2.80. The van der Waals surface area contributed by atoms with E-state index in [0.717, 1.165) is 0 Å². The standard InChI is InChI=1S/C9H7FN4O/c10-7-3-1-6(2-4-7)8(15)13-9-11-5-12-14-9/h1-5H,(H2,11,12,13,14,15). The van der Waals surface area contributed by atoms with Crippen LogP contribution in [-0.4, -0.2) is 21.1 Å². The lowest BCUT2D eigenvalue weighted by atomic mass is 10.2. The zero-order valence-electron chi connectivity index (χ0n) is 7.57. The summed E-state index contributed by atoms with van der Waals surface area (Å²) in [6, 6.07) is 5.21. The molecule has 1 aromatic carbocycles. The van der Waals surface area contributed by atoms with E-state index in [2.05, 4.69) is 20.5 Å². The summed E-state index contributed by atoms with van der Waals surface area (Å²) >= 11 is 0. The largest absolute Gasteiger partial charge is 0.291 e. The fraction of sp³-hybridized carbons (Fsp3) is 0. The van der Waals surface area contributed by atoms with Crippen LogP contribution in [0.3, 0.4) is 0 Å². The van der Waals surface area contributed by atoms with E-state index in [-0.39, 0.29) is 17.7 Å². The number of hydrogen-bond donors (Lipinski definition) is 2. The molecular formula is C9H7FN4O. The Labute approximate surface area is 84.3 Å². The lowest BCUT2D eigenvalue weighted by molar-refractivity contribution is 0.102. The van der Waals surface area contributed by atoms with Gasteiger partial charge in [-0.1, -0.05) is 0 Å². The second kappa shape index (κ2) is 3.87. The molecule has 1 heterocycles. The van der Waals surface area contributed by atoms with Gasteiger partial charge in [-0.05, 0) is 24.3 Å². The van der Waals surface area contributed by atoms with Crippen LogP contribution in [0, 0.1) is 5.82 Å². The van der Waals surface area contributed by atoms with Crippen LogP contribution in [0.4, 0.5) is 10.3 Å². The van der Waals surface area contributed by atoms with Crippen molar-refractivity contribution in [3.05, 3.63) is 42.0 Å². The maximum atomic E-state index is 12.6. The van der Waals surface area contributed by atoms with E-state index in [1.165, 1.54) is 30.6 Å². The molecule has 2 aromatic rings. The van der Waals surface area contributed by atoms with Gasteiger partial charge in [0, 0.05) is 5.56 Å². The third-order valence-corrected chi connectivity index (χ3v) is 1.75. The highest BCUT2D eigenvalue weighted by Gasteiger charge is 2.06. The maximum absolute atomic E-state index is 12.6. The van der Waals surface area contributed by atoms with E-state index in [1.54, 1.807) is 0 Å². The minimum absolute atomic E-state index is 0.254. The Balaban J connectivity index is 2.11. The van der Waals surface area contributed by atoms with Crippen LogP contribution in [0.1, 0.15) is 10.4 Å². The Bertz CT molecular complexity index is 451. The highest BCUT2D eigenvalue weighted by atomic mass is 19.1. The molecular weight excluding hydrogens is 199 g/mol. The fourth-order valence-corrected chi connectivity index (χ4v) is 1.05. The van der Waals surface area contributed by atoms with Crippen LogP contribution < -0.4 is 5.32 Å². The number of amides is 1. The van der Waals surface area contributed by atoms with Gasteiger partial charge in [0.2, 0.25) is 5.95 Å². The van der Waals surface area contributed by atoms with Crippen LogP contribution in [0.15, 0.2) is 30.6 Å². The van der Waals surface area contributed by atoms with E-state index < -0.39 is 0 Å². The number of halogens is 1. The SMILES string of the molecule is O=C(Nc1ncn[nH]1)c1ccc(F)cc1. The lowest BCUT2D eigenvalue weighted by Crippen LogP contribution is -2.12. The first-order chi connectivity index (χ1) is 7.25. The Hall–Kier alpha value is -2.24. The van der Waals surface area contributed by atoms with Crippen LogP contribution in [0.25, 0.3) is 0 Å². The van der Waals surface area contributed by atoms with Crippen molar-refractivity contribution in [2.45, 2.75) is 0 Å². The third kappa shape index (κ3) is 2.16. The van der Waals surface area contributed by atoms with E-state index >= 15 is 0 Å². The van der Waals surface area contributed by atoms with E-state index in [1.807, 2.05) is 0 Å². The summed E-state index contributed by atoms with van der Waals surface area (Å²) < 4.78 is 12.6. The van der Waals surface area contributed by atoms with Crippen LogP contribution in [0.2, 0.25) is 0 Å². The van der Waals surface area contributed by atoms with E-state index in [0.29, 0.717) is 5.56 Å². The van der Waals surface area contributed by atoms with E-state index in [9.17, 15) is 9.18 Å². The molecule has 76 valence electrons. The van der Waals surface area contributed by atoms with Crippen LogP contribution in [0.5, 0.6) is 0 Å². The minimum Gasteiger partial charge on any atom is -0.291 e. The van der Waals surface area contributed by atoms with Crippen molar-refractivity contribution in [2.75, 3.05) is 5.32 Å². The lowest BCUT2D eigenvalue weighted by Gasteiger charge is -2.00. The predicted molar refractivity (Wildman–Crippen MR) is 50.7 cm³/mol. The summed E-state index contributed by atoms with van der Waals surface area (Å²) in [4.78, 5) is 15.2. The number of benzene rings is 1. The Morgan fingerprint density at radius 3 is 2.67 bits per heavy atom. The molecule has 0 bridgehead atoms.